The Labute approximate surface area is 191 Å². The van der Waals surface area contributed by atoms with E-state index in [2.05, 4.69) is 15.0 Å². The average Bonchev–Trinajstić information content (AvgIpc) is 2.70. The van der Waals surface area contributed by atoms with Gasteiger partial charge in [-0.05, 0) is 13.2 Å². The molecule has 1 saturated heterocycles. The van der Waals surface area contributed by atoms with Crippen molar-refractivity contribution in [1.82, 2.24) is 19.5 Å². The second-order valence-corrected chi connectivity index (χ2v) is 7.75. The van der Waals surface area contributed by atoms with Gasteiger partial charge in [-0.15, -0.1) is 0 Å². The van der Waals surface area contributed by atoms with Crippen LogP contribution in [0.4, 0.5) is 0 Å². The maximum Gasteiger partial charge on any atom is 0.303 e. The fraction of sp³-hybridized carbons (Fsp3) is 0.526. The fourth-order valence-electron chi connectivity index (χ4n) is 3.13. The molecule has 0 aliphatic carbocycles. The van der Waals surface area contributed by atoms with Crippen LogP contribution in [0.15, 0.2) is 14.7 Å². The van der Waals surface area contributed by atoms with Crippen molar-refractivity contribution in [3.8, 4) is 0 Å². The van der Waals surface area contributed by atoms with E-state index < -0.39 is 47.5 Å². The van der Waals surface area contributed by atoms with Gasteiger partial charge in [0.1, 0.15) is 18.0 Å². The molecule has 0 saturated carbocycles. The van der Waals surface area contributed by atoms with Crippen LogP contribution in [0.2, 0.25) is 0 Å². The van der Waals surface area contributed by atoms with Crippen LogP contribution in [-0.4, -0.2) is 67.6 Å². The molecule has 3 unspecified atom stereocenters. The van der Waals surface area contributed by atoms with Crippen LogP contribution in [0.1, 0.15) is 39.1 Å². The highest BCUT2D eigenvalue weighted by Crippen LogP contribution is 2.28. The van der Waals surface area contributed by atoms with Gasteiger partial charge in [0.05, 0.1) is 6.61 Å². The lowest BCUT2D eigenvalue weighted by Gasteiger charge is -2.35. The van der Waals surface area contributed by atoms with Crippen LogP contribution in [0.25, 0.3) is 11.2 Å². The molecular weight excluding hydrogens is 460 g/mol. The molecule has 0 spiro atoms. The van der Waals surface area contributed by atoms with E-state index in [1.165, 1.54) is 37.1 Å². The molecule has 3 rings (SSSR count). The summed E-state index contributed by atoms with van der Waals surface area (Å²) in [5.41, 5.74) is -0.821. The van der Waals surface area contributed by atoms with Crippen LogP contribution in [0.5, 0.6) is 0 Å². The number of carboxylic acid groups (broad SMARTS) is 1. The number of fused-ring (bicyclic) bond motifs is 1. The molecule has 14 heteroatoms. The maximum absolute atomic E-state index is 12.8. The average molecular weight is 484 g/mol. The number of H-pyrrole nitrogens is 1. The number of carboxylic acids is 1. The molecular formula is C19H24N4O9S. The van der Waals surface area contributed by atoms with E-state index >= 15 is 0 Å². The monoisotopic (exact) mass is 484 g/mol. The quantitative estimate of drug-likeness (QED) is 0.346. The SMILES string of the molecule is CC(=O)O.CSc1nc2c(nc(C)c(=O)n2C2CC(OC(C)=O)C(OC(C)=O)CO2)c(=O)[nH]1. The summed E-state index contributed by atoms with van der Waals surface area (Å²) in [5, 5.41) is 7.73. The zero-order valence-electron chi connectivity index (χ0n) is 18.6. The molecule has 180 valence electrons. The van der Waals surface area contributed by atoms with E-state index in [1.807, 2.05) is 0 Å². The summed E-state index contributed by atoms with van der Waals surface area (Å²) < 4.78 is 17.4. The van der Waals surface area contributed by atoms with Gasteiger partial charge in [0.25, 0.3) is 17.1 Å². The normalized spacial score (nSPS) is 19.8. The number of aryl methyl sites for hydroxylation is 1. The molecule has 33 heavy (non-hydrogen) atoms. The number of rotatable bonds is 4. The molecule has 2 aromatic heterocycles. The van der Waals surface area contributed by atoms with E-state index in [-0.39, 0.29) is 29.9 Å². The number of esters is 2. The Morgan fingerprint density at radius 2 is 1.70 bits per heavy atom. The third kappa shape index (κ3) is 6.61. The van der Waals surface area contributed by atoms with Gasteiger partial charge in [0.2, 0.25) is 0 Å². The van der Waals surface area contributed by atoms with E-state index in [1.54, 1.807) is 6.26 Å². The van der Waals surface area contributed by atoms with Crippen molar-refractivity contribution < 1.29 is 33.7 Å². The first-order valence-electron chi connectivity index (χ1n) is 9.67. The highest BCUT2D eigenvalue weighted by Gasteiger charge is 2.38. The minimum atomic E-state index is -0.896. The molecule has 3 heterocycles. The summed E-state index contributed by atoms with van der Waals surface area (Å²) in [6.45, 7) is 4.94. The van der Waals surface area contributed by atoms with Crippen LogP contribution >= 0.6 is 11.8 Å². The second kappa shape index (κ2) is 11.0. The van der Waals surface area contributed by atoms with Crippen LogP contribution in [0, 0.1) is 6.92 Å². The summed E-state index contributed by atoms with van der Waals surface area (Å²) in [7, 11) is 0. The van der Waals surface area contributed by atoms with Gasteiger partial charge in [0.15, 0.2) is 22.4 Å². The number of aromatic nitrogens is 4. The standard InChI is InChI=1S/C17H20N4O7S.C2H4O2/c1-7-16(25)21(14-13(18-7)15(24)20-17(19-14)29-4)12-5-10(27-8(2)22)11(6-26-12)28-9(3)23;1-2(3)4/h10-12H,5-6H2,1-4H3,(H,19,20,24);1H3,(H,3,4). The Bertz CT molecular complexity index is 1170. The lowest BCUT2D eigenvalue weighted by Crippen LogP contribution is -2.46. The first-order chi connectivity index (χ1) is 15.4. The molecule has 2 aromatic rings. The van der Waals surface area contributed by atoms with Gasteiger partial charge in [-0.3, -0.25) is 33.5 Å². The molecule has 0 aromatic carbocycles. The number of carbonyl (C=O) groups excluding carboxylic acids is 2. The number of ether oxygens (including phenoxy) is 3. The predicted molar refractivity (Wildman–Crippen MR) is 115 cm³/mol. The van der Waals surface area contributed by atoms with Gasteiger partial charge in [-0.2, -0.15) is 0 Å². The maximum atomic E-state index is 12.8. The number of hydrogen-bond acceptors (Lipinski definition) is 11. The molecule has 1 aliphatic heterocycles. The molecule has 1 fully saturated rings. The molecule has 0 amide bonds. The van der Waals surface area contributed by atoms with Gasteiger partial charge < -0.3 is 19.3 Å². The van der Waals surface area contributed by atoms with Gasteiger partial charge in [-0.25, -0.2) is 9.97 Å². The lowest BCUT2D eigenvalue weighted by atomic mass is 10.1. The molecule has 1 aliphatic rings. The van der Waals surface area contributed by atoms with Gasteiger partial charge in [0, 0.05) is 27.2 Å². The number of nitrogens with zero attached hydrogens (tertiary/aromatic N) is 3. The summed E-state index contributed by atoms with van der Waals surface area (Å²) in [6, 6.07) is 0. The fourth-order valence-corrected chi connectivity index (χ4v) is 3.50. The number of nitrogens with one attached hydrogen (secondary N) is 1. The molecule has 2 N–H and O–H groups in total. The predicted octanol–water partition coefficient (Wildman–Crippen LogP) is 0.383. The van der Waals surface area contributed by atoms with Crippen molar-refractivity contribution in [1.29, 1.82) is 0 Å². The van der Waals surface area contributed by atoms with E-state index in [9.17, 15) is 19.2 Å². The first-order valence-corrected chi connectivity index (χ1v) is 10.9. The lowest BCUT2D eigenvalue weighted by molar-refractivity contribution is -0.194. The minimum absolute atomic E-state index is 0.00496. The molecule has 3 atom stereocenters. The summed E-state index contributed by atoms with van der Waals surface area (Å²) in [5.74, 6) is -1.94. The number of aromatic amines is 1. The van der Waals surface area contributed by atoms with Crippen molar-refractivity contribution in [3.63, 3.8) is 0 Å². The number of hydrogen-bond donors (Lipinski definition) is 2. The topological polar surface area (TPSA) is 180 Å². The molecule has 0 radical (unpaired) electrons. The Morgan fingerprint density at radius 1 is 1.12 bits per heavy atom. The smallest absolute Gasteiger partial charge is 0.303 e. The minimum Gasteiger partial charge on any atom is -0.481 e. The van der Waals surface area contributed by atoms with Crippen molar-refractivity contribution in [2.45, 2.75) is 57.7 Å². The third-order valence-electron chi connectivity index (χ3n) is 4.31. The van der Waals surface area contributed by atoms with Gasteiger partial charge in [-0.1, -0.05) is 11.8 Å². The Hall–Kier alpha value is -3.26. The summed E-state index contributed by atoms with van der Waals surface area (Å²) >= 11 is 1.20. The number of aliphatic carboxylic acids is 1. The van der Waals surface area contributed by atoms with E-state index in [0.717, 1.165) is 6.92 Å². The first kappa shape index (κ1) is 26.0. The van der Waals surface area contributed by atoms with E-state index in [4.69, 9.17) is 24.1 Å². The zero-order valence-corrected chi connectivity index (χ0v) is 19.4. The highest BCUT2D eigenvalue weighted by atomic mass is 32.2. The van der Waals surface area contributed by atoms with Crippen LogP contribution in [0.3, 0.4) is 0 Å². The summed E-state index contributed by atoms with van der Waals surface area (Å²) in [6.07, 6.45) is -0.778. The molecule has 0 bridgehead atoms. The largest absolute Gasteiger partial charge is 0.481 e. The van der Waals surface area contributed by atoms with Crippen molar-refractivity contribution in [3.05, 3.63) is 26.4 Å². The van der Waals surface area contributed by atoms with Crippen molar-refractivity contribution in [2.75, 3.05) is 12.9 Å². The number of thioether (sulfide) groups is 1. The Kier molecular flexibility index (Phi) is 8.70. The van der Waals surface area contributed by atoms with Crippen LogP contribution < -0.4 is 11.1 Å². The van der Waals surface area contributed by atoms with Gasteiger partial charge >= 0.3 is 11.9 Å². The number of carbonyl (C=O) groups is 3. The van der Waals surface area contributed by atoms with Crippen molar-refractivity contribution in [2.24, 2.45) is 0 Å². The summed E-state index contributed by atoms with van der Waals surface area (Å²) in [4.78, 5) is 68.1. The third-order valence-corrected chi connectivity index (χ3v) is 4.89. The van der Waals surface area contributed by atoms with Crippen LogP contribution in [-0.2, 0) is 28.6 Å². The highest BCUT2D eigenvalue weighted by molar-refractivity contribution is 7.98. The van der Waals surface area contributed by atoms with Crippen molar-refractivity contribution >= 4 is 40.8 Å². The zero-order chi connectivity index (χ0) is 24.9. The van der Waals surface area contributed by atoms with E-state index in [0.29, 0.717) is 5.16 Å². The molecule has 13 nitrogen and oxygen atoms in total. The Balaban J connectivity index is 0.000000890. The second-order valence-electron chi connectivity index (χ2n) is 6.96. The Morgan fingerprint density at radius 3 is 2.24 bits per heavy atom.